The highest BCUT2D eigenvalue weighted by Crippen LogP contribution is 2.38. The standard InChI is InChI=1S/C21H20BrFN2O3S/c1-4-25-20(26)19(29-21(25)24-15-8-6-14(23)7-9-15)11-13-10-18(28-5-2)17(27-3)12-16(13)22/h6-12H,4-5H2,1-3H3/b19-11+,24-21?. The van der Waals surface area contributed by atoms with Gasteiger partial charge >= 0.3 is 0 Å². The maximum Gasteiger partial charge on any atom is 0.266 e. The first-order valence-electron chi connectivity index (χ1n) is 9.02. The third-order valence-electron chi connectivity index (χ3n) is 4.13. The largest absolute Gasteiger partial charge is 0.493 e. The number of ether oxygens (including phenoxy) is 2. The van der Waals surface area contributed by atoms with Crippen LogP contribution in [0, 0.1) is 5.82 Å². The van der Waals surface area contributed by atoms with Crippen molar-refractivity contribution >= 4 is 50.5 Å². The molecule has 1 amide bonds. The van der Waals surface area contributed by atoms with Gasteiger partial charge in [0.15, 0.2) is 16.7 Å². The minimum Gasteiger partial charge on any atom is -0.493 e. The van der Waals surface area contributed by atoms with Crippen LogP contribution in [0.4, 0.5) is 10.1 Å². The van der Waals surface area contributed by atoms with E-state index in [0.717, 1.165) is 10.0 Å². The summed E-state index contributed by atoms with van der Waals surface area (Å²) in [6, 6.07) is 9.50. The third-order valence-corrected chi connectivity index (χ3v) is 5.82. The molecule has 1 saturated heterocycles. The van der Waals surface area contributed by atoms with Crippen molar-refractivity contribution in [3.63, 3.8) is 0 Å². The van der Waals surface area contributed by atoms with Gasteiger partial charge in [0, 0.05) is 11.0 Å². The number of aliphatic imine (C=N–C) groups is 1. The molecule has 0 atom stereocenters. The smallest absolute Gasteiger partial charge is 0.266 e. The Kier molecular flexibility index (Phi) is 6.97. The van der Waals surface area contributed by atoms with Gasteiger partial charge < -0.3 is 9.47 Å². The van der Waals surface area contributed by atoms with Gasteiger partial charge in [-0.15, -0.1) is 0 Å². The third kappa shape index (κ3) is 4.82. The maximum absolute atomic E-state index is 13.1. The SMILES string of the molecule is CCOc1cc(/C=C2/SC(=Nc3ccc(F)cc3)N(CC)C2=O)c(Br)cc1OC. The van der Waals surface area contributed by atoms with Gasteiger partial charge in [-0.25, -0.2) is 9.38 Å². The van der Waals surface area contributed by atoms with Gasteiger partial charge in [-0.1, -0.05) is 15.9 Å². The van der Waals surface area contributed by atoms with Crippen LogP contribution in [-0.2, 0) is 4.79 Å². The summed E-state index contributed by atoms with van der Waals surface area (Å²) < 4.78 is 24.9. The molecule has 0 saturated carbocycles. The molecular weight excluding hydrogens is 459 g/mol. The molecule has 3 rings (SSSR count). The molecule has 0 N–H and O–H groups in total. The highest BCUT2D eigenvalue weighted by atomic mass is 79.9. The molecule has 0 aromatic heterocycles. The Morgan fingerprint density at radius 1 is 1.21 bits per heavy atom. The van der Waals surface area contributed by atoms with E-state index in [2.05, 4.69) is 20.9 Å². The second-order valence-electron chi connectivity index (χ2n) is 5.99. The van der Waals surface area contributed by atoms with Crippen LogP contribution >= 0.6 is 27.7 Å². The van der Waals surface area contributed by atoms with Crippen molar-refractivity contribution in [1.29, 1.82) is 0 Å². The first-order chi connectivity index (χ1) is 14.0. The fraction of sp³-hybridized carbons (Fsp3) is 0.238. The number of hydrogen-bond donors (Lipinski definition) is 0. The van der Waals surface area contributed by atoms with Crippen LogP contribution in [0.3, 0.4) is 0 Å². The molecule has 8 heteroatoms. The lowest BCUT2D eigenvalue weighted by Gasteiger charge is -2.12. The predicted octanol–water partition coefficient (Wildman–Crippen LogP) is 5.62. The van der Waals surface area contributed by atoms with Crippen molar-refractivity contribution in [3.8, 4) is 11.5 Å². The number of likely N-dealkylation sites (N-methyl/N-ethyl adjacent to an activating group) is 1. The maximum atomic E-state index is 13.1. The van der Waals surface area contributed by atoms with E-state index in [1.807, 2.05) is 26.0 Å². The van der Waals surface area contributed by atoms with Crippen molar-refractivity contribution in [2.75, 3.05) is 20.3 Å². The predicted molar refractivity (Wildman–Crippen MR) is 118 cm³/mol. The van der Waals surface area contributed by atoms with E-state index in [1.54, 1.807) is 30.2 Å². The molecule has 0 aliphatic carbocycles. The van der Waals surface area contributed by atoms with E-state index in [1.165, 1.54) is 23.9 Å². The summed E-state index contributed by atoms with van der Waals surface area (Å²) in [5.74, 6) is 0.763. The van der Waals surface area contributed by atoms with E-state index < -0.39 is 0 Å². The Labute approximate surface area is 181 Å². The van der Waals surface area contributed by atoms with Crippen molar-refractivity contribution in [1.82, 2.24) is 4.90 Å². The number of rotatable bonds is 6. The van der Waals surface area contributed by atoms with Gasteiger partial charge in [-0.2, -0.15) is 0 Å². The lowest BCUT2D eigenvalue weighted by molar-refractivity contribution is -0.122. The molecule has 1 aliphatic heterocycles. The zero-order chi connectivity index (χ0) is 21.0. The average molecular weight is 479 g/mol. The van der Waals surface area contributed by atoms with Gasteiger partial charge in [0.2, 0.25) is 0 Å². The lowest BCUT2D eigenvalue weighted by atomic mass is 10.2. The molecule has 0 unspecified atom stereocenters. The average Bonchev–Trinajstić information content (AvgIpc) is 3.00. The summed E-state index contributed by atoms with van der Waals surface area (Å²) in [6.45, 7) is 4.77. The fourth-order valence-electron chi connectivity index (χ4n) is 2.73. The number of carbonyl (C=O) groups is 1. The van der Waals surface area contributed by atoms with Crippen molar-refractivity contribution in [3.05, 3.63) is 57.2 Å². The Morgan fingerprint density at radius 2 is 1.93 bits per heavy atom. The van der Waals surface area contributed by atoms with Gasteiger partial charge in [-0.3, -0.25) is 9.69 Å². The molecule has 152 valence electrons. The highest BCUT2D eigenvalue weighted by molar-refractivity contribution is 9.10. The first-order valence-corrected chi connectivity index (χ1v) is 10.6. The number of amidine groups is 1. The number of halogens is 2. The number of nitrogens with zero attached hydrogens (tertiary/aromatic N) is 2. The Hall–Kier alpha value is -2.32. The second-order valence-corrected chi connectivity index (χ2v) is 7.85. The van der Waals surface area contributed by atoms with Crippen LogP contribution in [0.25, 0.3) is 6.08 Å². The van der Waals surface area contributed by atoms with E-state index in [0.29, 0.717) is 40.4 Å². The van der Waals surface area contributed by atoms with Gasteiger partial charge in [0.05, 0.1) is 24.3 Å². The summed E-state index contributed by atoms with van der Waals surface area (Å²) in [7, 11) is 1.58. The van der Waals surface area contributed by atoms with Crippen LogP contribution in [0.1, 0.15) is 19.4 Å². The van der Waals surface area contributed by atoms with Crippen LogP contribution in [0.2, 0.25) is 0 Å². The Balaban J connectivity index is 1.96. The van der Waals surface area contributed by atoms with E-state index >= 15 is 0 Å². The number of thioether (sulfide) groups is 1. The molecule has 29 heavy (non-hydrogen) atoms. The summed E-state index contributed by atoms with van der Waals surface area (Å²) >= 11 is 4.81. The first kappa shape index (κ1) is 21.4. The van der Waals surface area contributed by atoms with E-state index in [-0.39, 0.29) is 11.7 Å². The van der Waals surface area contributed by atoms with Gasteiger partial charge in [-0.05, 0) is 73.6 Å². The van der Waals surface area contributed by atoms with E-state index in [9.17, 15) is 9.18 Å². The van der Waals surface area contributed by atoms with Crippen LogP contribution < -0.4 is 9.47 Å². The van der Waals surface area contributed by atoms with Crippen molar-refractivity contribution in [2.45, 2.75) is 13.8 Å². The Morgan fingerprint density at radius 3 is 2.55 bits per heavy atom. The minimum atomic E-state index is -0.327. The topological polar surface area (TPSA) is 51.1 Å². The van der Waals surface area contributed by atoms with Crippen molar-refractivity contribution in [2.24, 2.45) is 4.99 Å². The molecule has 2 aromatic carbocycles. The highest BCUT2D eigenvalue weighted by Gasteiger charge is 2.32. The molecule has 2 aromatic rings. The quantitative estimate of drug-likeness (QED) is 0.505. The number of benzene rings is 2. The number of amides is 1. The summed E-state index contributed by atoms with van der Waals surface area (Å²) in [5, 5.41) is 0.560. The molecule has 5 nitrogen and oxygen atoms in total. The minimum absolute atomic E-state index is 0.126. The van der Waals surface area contributed by atoms with Crippen LogP contribution in [-0.4, -0.2) is 36.2 Å². The lowest BCUT2D eigenvalue weighted by Crippen LogP contribution is -2.28. The van der Waals surface area contributed by atoms with Crippen LogP contribution in [0.5, 0.6) is 11.5 Å². The summed E-state index contributed by atoms with van der Waals surface area (Å²) in [6.07, 6.45) is 1.80. The molecule has 0 bridgehead atoms. The van der Waals surface area contributed by atoms with Gasteiger partial charge in [0.25, 0.3) is 5.91 Å². The second kappa shape index (κ2) is 9.45. The number of methoxy groups -OCH3 is 1. The molecule has 0 spiro atoms. The normalized spacial score (nSPS) is 16.7. The molecular formula is C21H20BrFN2O3S. The van der Waals surface area contributed by atoms with Gasteiger partial charge in [0.1, 0.15) is 5.82 Å². The molecule has 1 fully saturated rings. The Bertz CT molecular complexity index is 977. The number of carbonyl (C=O) groups excluding carboxylic acids is 1. The van der Waals surface area contributed by atoms with Crippen molar-refractivity contribution < 1.29 is 18.7 Å². The molecule has 1 aliphatic rings. The monoisotopic (exact) mass is 478 g/mol. The summed E-state index contributed by atoms with van der Waals surface area (Å²) in [5.41, 5.74) is 1.38. The summed E-state index contributed by atoms with van der Waals surface area (Å²) in [4.78, 5) is 19.5. The van der Waals surface area contributed by atoms with Crippen LogP contribution in [0.15, 0.2) is 50.8 Å². The molecule has 0 radical (unpaired) electrons. The zero-order valence-electron chi connectivity index (χ0n) is 16.2. The van der Waals surface area contributed by atoms with E-state index in [4.69, 9.17) is 9.47 Å². The zero-order valence-corrected chi connectivity index (χ0v) is 18.6. The number of hydrogen-bond acceptors (Lipinski definition) is 5. The fourth-order valence-corrected chi connectivity index (χ4v) is 4.22. The molecule has 1 heterocycles.